The van der Waals surface area contributed by atoms with E-state index in [2.05, 4.69) is 44.0 Å². The Hall–Kier alpha value is -2.87. The van der Waals surface area contributed by atoms with Crippen LogP contribution >= 0.6 is 11.8 Å². The van der Waals surface area contributed by atoms with E-state index in [1.54, 1.807) is 6.26 Å². The third-order valence-corrected chi connectivity index (χ3v) is 5.29. The zero-order valence-electron chi connectivity index (χ0n) is 16.9. The number of furan rings is 1. The van der Waals surface area contributed by atoms with Gasteiger partial charge in [-0.2, -0.15) is 4.98 Å². The number of hydrogen-bond donors (Lipinski definition) is 0. The van der Waals surface area contributed by atoms with Crippen molar-refractivity contribution in [3.8, 4) is 11.4 Å². The average molecular weight is 410 g/mol. The van der Waals surface area contributed by atoms with Gasteiger partial charge < -0.3 is 8.94 Å². The Morgan fingerprint density at radius 2 is 1.97 bits per heavy atom. The van der Waals surface area contributed by atoms with Crippen molar-refractivity contribution in [2.45, 2.75) is 50.6 Å². The average Bonchev–Trinajstić information content (AvgIpc) is 3.41. The highest BCUT2D eigenvalue weighted by molar-refractivity contribution is 7.98. The lowest BCUT2D eigenvalue weighted by molar-refractivity contribution is 0.319. The van der Waals surface area contributed by atoms with Crippen LogP contribution in [0.4, 0.5) is 0 Å². The molecule has 0 saturated carbocycles. The summed E-state index contributed by atoms with van der Waals surface area (Å²) in [6.45, 7) is 8.75. The molecule has 7 nitrogen and oxygen atoms in total. The van der Waals surface area contributed by atoms with Gasteiger partial charge in [0.05, 0.1) is 18.6 Å². The number of rotatable bonds is 6. The molecular formula is C21H23N5O2S. The van der Waals surface area contributed by atoms with Gasteiger partial charge in [-0.05, 0) is 25.1 Å². The molecule has 0 aliphatic carbocycles. The lowest BCUT2D eigenvalue weighted by Gasteiger charge is -2.10. The quantitative estimate of drug-likeness (QED) is 0.420. The van der Waals surface area contributed by atoms with Gasteiger partial charge in [-0.25, -0.2) is 0 Å². The van der Waals surface area contributed by atoms with Crippen LogP contribution in [-0.2, 0) is 17.7 Å². The standard InChI is InChI=1S/C21H23N5O2S/c1-14-7-5-8-15(11-14)18-23-24-20(26(18)12-16-9-6-10-27-16)29-13-17-22-19(28-25-17)21(2,3)4/h5-11H,12-13H2,1-4H3. The fourth-order valence-corrected chi connectivity index (χ4v) is 3.62. The zero-order chi connectivity index (χ0) is 20.4. The molecular weight excluding hydrogens is 386 g/mol. The molecule has 0 aliphatic rings. The lowest BCUT2D eigenvalue weighted by Crippen LogP contribution is -2.11. The van der Waals surface area contributed by atoms with Gasteiger partial charge in [0.25, 0.3) is 0 Å². The second-order valence-corrected chi connectivity index (χ2v) is 8.84. The topological polar surface area (TPSA) is 82.8 Å². The van der Waals surface area contributed by atoms with E-state index in [0.29, 0.717) is 24.0 Å². The molecule has 3 aromatic heterocycles. The number of thioether (sulfide) groups is 1. The van der Waals surface area contributed by atoms with Gasteiger partial charge in [-0.15, -0.1) is 10.2 Å². The molecule has 3 heterocycles. The van der Waals surface area contributed by atoms with Crippen molar-refractivity contribution in [2.24, 2.45) is 0 Å². The van der Waals surface area contributed by atoms with E-state index in [0.717, 1.165) is 22.3 Å². The summed E-state index contributed by atoms with van der Waals surface area (Å²) in [4.78, 5) is 4.50. The van der Waals surface area contributed by atoms with E-state index in [-0.39, 0.29) is 5.41 Å². The van der Waals surface area contributed by atoms with E-state index < -0.39 is 0 Å². The first-order valence-corrected chi connectivity index (χ1v) is 10.4. The maximum absolute atomic E-state index is 5.55. The van der Waals surface area contributed by atoms with Crippen molar-refractivity contribution in [1.82, 2.24) is 24.9 Å². The largest absolute Gasteiger partial charge is 0.467 e. The lowest BCUT2D eigenvalue weighted by atomic mass is 9.97. The van der Waals surface area contributed by atoms with Gasteiger partial charge in [0, 0.05) is 11.0 Å². The molecule has 0 bridgehead atoms. The smallest absolute Gasteiger partial charge is 0.232 e. The molecule has 0 spiro atoms. The monoisotopic (exact) mass is 409 g/mol. The van der Waals surface area contributed by atoms with Crippen molar-refractivity contribution in [2.75, 3.05) is 0 Å². The SMILES string of the molecule is Cc1cccc(-c2nnc(SCc3noc(C(C)(C)C)n3)n2Cc2ccco2)c1. The maximum Gasteiger partial charge on any atom is 0.232 e. The van der Waals surface area contributed by atoms with Crippen molar-refractivity contribution in [3.05, 3.63) is 65.7 Å². The summed E-state index contributed by atoms with van der Waals surface area (Å²) in [7, 11) is 0. The molecule has 0 fully saturated rings. The summed E-state index contributed by atoms with van der Waals surface area (Å²) in [5, 5.41) is 13.7. The molecule has 0 unspecified atom stereocenters. The van der Waals surface area contributed by atoms with Crippen LogP contribution < -0.4 is 0 Å². The fraction of sp³-hybridized carbons (Fsp3) is 0.333. The molecule has 0 amide bonds. The molecule has 29 heavy (non-hydrogen) atoms. The van der Waals surface area contributed by atoms with E-state index in [9.17, 15) is 0 Å². The van der Waals surface area contributed by atoms with Gasteiger partial charge in [-0.3, -0.25) is 4.57 Å². The highest BCUT2D eigenvalue weighted by atomic mass is 32.2. The summed E-state index contributed by atoms with van der Waals surface area (Å²) in [6.07, 6.45) is 1.67. The molecule has 0 radical (unpaired) electrons. The Balaban J connectivity index is 1.61. The maximum atomic E-state index is 5.55. The van der Waals surface area contributed by atoms with Crippen molar-refractivity contribution >= 4 is 11.8 Å². The summed E-state index contributed by atoms with van der Waals surface area (Å²) in [5.74, 6) is 3.46. The molecule has 1 aromatic carbocycles. The molecule has 0 N–H and O–H groups in total. The van der Waals surface area contributed by atoms with Crippen LogP contribution in [0.15, 0.2) is 56.8 Å². The normalized spacial score (nSPS) is 11.9. The van der Waals surface area contributed by atoms with Gasteiger partial charge in [0.2, 0.25) is 5.89 Å². The Labute approximate surface area is 173 Å². The van der Waals surface area contributed by atoms with Crippen LogP contribution in [-0.4, -0.2) is 24.9 Å². The summed E-state index contributed by atoms with van der Waals surface area (Å²) in [6, 6.07) is 12.1. The number of hydrogen-bond acceptors (Lipinski definition) is 7. The second kappa shape index (κ2) is 7.87. The minimum atomic E-state index is -0.173. The van der Waals surface area contributed by atoms with E-state index >= 15 is 0 Å². The van der Waals surface area contributed by atoms with Crippen LogP contribution in [0.2, 0.25) is 0 Å². The molecule has 8 heteroatoms. The first-order valence-electron chi connectivity index (χ1n) is 9.38. The summed E-state index contributed by atoms with van der Waals surface area (Å²) in [5.41, 5.74) is 2.02. The molecule has 150 valence electrons. The fourth-order valence-electron chi connectivity index (χ4n) is 2.84. The van der Waals surface area contributed by atoms with Gasteiger partial charge in [0.15, 0.2) is 16.8 Å². The Kier molecular flexibility index (Phi) is 5.27. The number of aromatic nitrogens is 5. The van der Waals surface area contributed by atoms with Gasteiger partial charge >= 0.3 is 0 Å². The highest BCUT2D eigenvalue weighted by Crippen LogP contribution is 2.28. The van der Waals surface area contributed by atoms with Crippen molar-refractivity contribution in [1.29, 1.82) is 0 Å². The first-order chi connectivity index (χ1) is 13.9. The third-order valence-electron chi connectivity index (χ3n) is 4.33. The molecule has 4 rings (SSSR count). The molecule has 4 aromatic rings. The molecule has 0 aliphatic heterocycles. The van der Waals surface area contributed by atoms with Gasteiger partial charge in [0.1, 0.15) is 5.76 Å². The highest BCUT2D eigenvalue weighted by Gasteiger charge is 2.22. The van der Waals surface area contributed by atoms with Crippen LogP contribution in [0.5, 0.6) is 0 Å². The Bertz CT molecular complexity index is 1090. The summed E-state index contributed by atoms with van der Waals surface area (Å²) < 4.78 is 13.0. The Morgan fingerprint density at radius 1 is 1.10 bits per heavy atom. The second-order valence-electron chi connectivity index (χ2n) is 7.90. The van der Waals surface area contributed by atoms with Gasteiger partial charge in [-0.1, -0.05) is 61.5 Å². The number of aryl methyl sites for hydroxylation is 1. The third kappa shape index (κ3) is 4.42. The van der Waals surface area contributed by atoms with Crippen LogP contribution in [0.3, 0.4) is 0 Å². The Morgan fingerprint density at radius 3 is 2.66 bits per heavy atom. The zero-order valence-corrected chi connectivity index (χ0v) is 17.7. The predicted octanol–water partition coefficient (Wildman–Crippen LogP) is 4.87. The van der Waals surface area contributed by atoms with E-state index in [1.807, 2.05) is 45.0 Å². The minimum Gasteiger partial charge on any atom is -0.467 e. The van der Waals surface area contributed by atoms with Crippen LogP contribution in [0.1, 0.15) is 43.8 Å². The number of benzene rings is 1. The summed E-state index contributed by atoms with van der Waals surface area (Å²) >= 11 is 1.53. The van der Waals surface area contributed by atoms with Crippen molar-refractivity contribution < 1.29 is 8.94 Å². The van der Waals surface area contributed by atoms with Crippen molar-refractivity contribution in [3.63, 3.8) is 0 Å². The minimum absolute atomic E-state index is 0.173. The molecule has 0 atom stereocenters. The van der Waals surface area contributed by atoms with E-state index in [4.69, 9.17) is 8.94 Å². The van der Waals surface area contributed by atoms with Crippen LogP contribution in [0.25, 0.3) is 11.4 Å². The van der Waals surface area contributed by atoms with Crippen LogP contribution in [0, 0.1) is 6.92 Å². The predicted molar refractivity (Wildman–Crippen MR) is 111 cm³/mol. The van der Waals surface area contributed by atoms with E-state index in [1.165, 1.54) is 17.3 Å². The molecule has 0 saturated heterocycles. The first kappa shape index (κ1) is 19.4. The number of nitrogens with zero attached hydrogens (tertiary/aromatic N) is 5.